The van der Waals surface area contributed by atoms with Gasteiger partial charge in [-0.2, -0.15) is 5.10 Å². The van der Waals surface area contributed by atoms with Gasteiger partial charge in [0.15, 0.2) is 0 Å². The normalized spacial score (nSPS) is 9.62. The largest absolute Gasteiger partial charge is 0.480 e. The number of hydrogen-bond acceptors (Lipinski definition) is 3. The molecule has 6 nitrogen and oxygen atoms in total. The van der Waals surface area contributed by atoms with E-state index in [2.05, 4.69) is 31.4 Å². The second kappa shape index (κ2) is 4.04. The number of carboxylic acids is 1. The summed E-state index contributed by atoms with van der Waals surface area (Å²) in [5, 5.41) is 16.5. The molecule has 0 unspecified atom stereocenters. The van der Waals surface area contributed by atoms with Crippen molar-refractivity contribution in [3.8, 4) is 0 Å². The molecular weight excluding hydrogens is 242 g/mol. The first kappa shape index (κ1) is 9.72. The molecule has 70 valence electrons. The highest BCUT2D eigenvalue weighted by Crippen LogP contribution is 2.11. The van der Waals surface area contributed by atoms with Crippen LogP contribution in [0.15, 0.2) is 10.7 Å². The van der Waals surface area contributed by atoms with Crippen molar-refractivity contribution in [2.45, 2.75) is 0 Å². The Bertz CT molecular complexity index is 336. The molecule has 0 fully saturated rings. The number of aliphatic carboxylic acids is 1. The first-order valence-electron chi connectivity index (χ1n) is 3.30. The lowest BCUT2D eigenvalue weighted by molar-refractivity contribution is -0.135. The van der Waals surface area contributed by atoms with Gasteiger partial charge in [0.05, 0.1) is 10.7 Å². The van der Waals surface area contributed by atoms with Crippen LogP contribution in [-0.4, -0.2) is 33.7 Å². The minimum absolute atomic E-state index is 0.209. The van der Waals surface area contributed by atoms with E-state index in [1.54, 1.807) is 0 Å². The number of aromatic amines is 1. The molecule has 1 aromatic heterocycles. The summed E-state index contributed by atoms with van der Waals surface area (Å²) in [7, 11) is 0. The predicted molar refractivity (Wildman–Crippen MR) is 46.3 cm³/mol. The number of carboxylic acid groups (broad SMARTS) is 1. The number of aromatic nitrogens is 2. The molecule has 0 spiro atoms. The molecule has 0 radical (unpaired) electrons. The van der Waals surface area contributed by atoms with E-state index in [1.807, 2.05) is 0 Å². The van der Waals surface area contributed by atoms with Gasteiger partial charge in [0.25, 0.3) is 5.91 Å². The number of H-pyrrole nitrogens is 1. The lowest BCUT2D eigenvalue weighted by Crippen LogP contribution is -2.29. The Morgan fingerprint density at radius 1 is 1.69 bits per heavy atom. The van der Waals surface area contributed by atoms with E-state index in [-0.39, 0.29) is 5.69 Å². The zero-order valence-corrected chi connectivity index (χ0v) is 7.96. The fourth-order valence-corrected chi connectivity index (χ4v) is 1.05. The second-order valence-electron chi connectivity index (χ2n) is 2.17. The van der Waals surface area contributed by atoms with Gasteiger partial charge in [0, 0.05) is 0 Å². The maximum absolute atomic E-state index is 11.2. The molecule has 0 saturated heterocycles. The van der Waals surface area contributed by atoms with Gasteiger partial charge < -0.3 is 10.4 Å². The molecule has 7 heteroatoms. The molecule has 0 aliphatic heterocycles. The molecule has 0 atom stereocenters. The van der Waals surface area contributed by atoms with Crippen LogP contribution in [0.25, 0.3) is 0 Å². The van der Waals surface area contributed by atoms with Gasteiger partial charge in [0.2, 0.25) is 0 Å². The molecule has 0 aromatic carbocycles. The van der Waals surface area contributed by atoms with Crippen LogP contribution in [0.1, 0.15) is 10.5 Å². The predicted octanol–water partition coefficient (Wildman–Crippen LogP) is -0.0134. The minimum atomic E-state index is -1.09. The van der Waals surface area contributed by atoms with Crippen LogP contribution >= 0.6 is 15.9 Å². The summed E-state index contributed by atoms with van der Waals surface area (Å²) in [4.78, 5) is 21.3. The summed E-state index contributed by atoms with van der Waals surface area (Å²) < 4.78 is 0.496. The van der Waals surface area contributed by atoms with Crippen molar-refractivity contribution in [2.24, 2.45) is 0 Å². The molecule has 0 aliphatic rings. The smallest absolute Gasteiger partial charge is 0.322 e. The molecule has 0 bridgehead atoms. The SMILES string of the molecule is O=C(O)CNC(=O)c1[nH]ncc1Br. The highest BCUT2D eigenvalue weighted by Gasteiger charge is 2.12. The topological polar surface area (TPSA) is 95.1 Å². The quantitative estimate of drug-likeness (QED) is 0.700. The number of nitrogens with one attached hydrogen (secondary N) is 2. The molecule has 1 aromatic rings. The molecule has 0 aliphatic carbocycles. The Labute approximate surface area is 81.5 Å². The maximum atomic E-state index is 11.2. The summed E-state index contributed by atoms with van der Waals surface area (Å²) in [5.41, 5.74) is 0.209. The first-order chi connectivity index (χ1) is 6.11. The number of halogens is 1. The molecule has 1 amide bonds. The molecule has 0 saturated carbocycles. The van der Waals surface area contributed by atoms with Crippen LogP contribution in [0.2, 0.25) is 0 Å². The van der Waals surface area contributed by atoms with E-state index in [4.69, 9.17) is 5.11 Å². The minimum Gasteiger partial charge on any atom is -0.480 e. The van der Waals surface area contributed by atoms with Gasteiger partial charge in [-0.15, -0.1) is 0 Å². The van der Waals surface area contributed by atoms with Gasteiger partial charge in [-0.25, -0.2) is 0 Å². The van der Waals surface area contributed by atoms with Crippen LogP contribution in [0.3, 0.4) is 0 Å². The van der Waals surface area contributed by atoms with Gasteiger partial charge >= 0.3 is 5.97 Å². The van der Waals surface area contributed by atoms with Crippen LogP contribution in [0.4, 0.5) is 0 Å². The third kappa shape index (κ3) is 2.55. The van der Waals surface area contributed by atoms with Crippen molar-refractivity contribution in [1.29, 1.82) is 0 Å². The van der Waals surface area contributed by atoms with Crippen LogP contribution < -0.4 is 5.32 Å². The van der Waals surface area contributed by atoms with Gasteiger partial charge in [-0.1, -0.05) is 0 Å². The lowest BCUT2D eigenvalue weighted by atomic mass is 10.4. The van der Waals surface area contributed by atoms with E-state index >= 15 is 0 Å². The maximum Gasteiger partial charge on any atom is 0.322 e. The lowest BCUT2D eigenvalue weighted by Gasteiger charge is -1.98. The van der Waals surface area contributed by atoms with E-state index in [1.165, 1.54) is 6.20 Å². The standard InChI is InChI=1S/C6H6BrN3O3/c7-3-1-9-10-5(3)6(13)8-2-4(11)12/h1H,2H2,(H,8,13)(H,9,10)(H,11,12). The van der Waals surface area contributed by atoms with E-state index in [0.29, 0.717) is 4.47 Å². The van der Waals surface area contributed by atoms with Crippen molar-refractivity contribution in [3.63, 3.8) is 0 Å². The summed E-state index contributed by atoms with van der Waals surface area (Å²) in [6, 6.07) is 0. The summed E-state index contributed by atoms with van der Waals surface area (Å²) in [5.74, 6) is -1.60. The zero-order valence-electron chi connectivity index (χ0n) is 6.37. The van der Waals surface area contributed by atoms with E-state index < -0.39 is 18.4 Å². The van der Waals surface area contributed by atoms with Gasteiger partial charge in [0.1, 0.15) is 12.2 Å². The number of carbonyl (C=O) groups is 2. The van der Waals surface area contributed by atoms with Gasteiger partial charge in [-0.05, 0) is 15.9 Å². The Morgan fingerprint density at radius 2 is 2.38 bits per heavy atom. The average molecular weight is 248 g/mol. The van der Waals surface area contributed by atoms with Crippen molar-refractivity contribution >= 4 is 27.8 Å². The van der Waals surface area contributed by atoms with Crippen molar-refractivity contribution in [2.75, 3.05) is 6.54 Å². The third-order valence-corrected chi connectivity index (χ3v) is 1.82. The highest BCUT2D eigenvalue weighted by molar-refractivity contribution is 9.10. The van der Waals surface area contributed by atoms with Crippen molar-refractivity contribution < 1.29 is 14.7 Å². The number of nitrogens with zero attached hydrogens (tertiary/aromatic N) is 1. The summed E-state index contributed by atoms with van der Waals surface area (Å²) in [6.45, 7) is -0.412. The molecule has 1 rings (SSSR count). The van der Waals surface area contributed by atoms with E-state index in [9.17, 15) is 9.59 Å². The molecular formula is C6H6BrN3O3. The Balaban J connectivity index is 2.59. The van der Waals surface area contributed by atoms with Crippen molar-refractivity contribution in [1.82, 2.24) is 15.5 Å². The Hall–Kier alpha value is -1.37. The van der Waals surface area contributed by atoms with Gasteiger partial charge in [-0.3, -0.25) is 14.7 Å². The number of rotatable bonds is 3. The summed E-state index contributed by atoms with van der Waals surface area (Å²) in [6.07, 6.45) is 1.41. The van der Waals surface area contributed by atoms with Crippen LogP contribution in [0, 0.1) is 0 Å². The molecule has 13 heavy (non-hydrogen) atoms. The Morgan fingerprint density at radius 3 is 2.85 bits per heavy atom. The zero-order chi connectivity index (χ0) is 9.84. The average Bonchev–Trinajstić information content (AvgIpc) is 2.47. The highest BCUT2D eigenvalue weighted by atomic mass is 79.9. The third-order valence-electron chi connectivity index (χ3n) is 1.22. The van der Waals surface area contributed by atoms with E-state index in [0.717, 1.165) is 0 Å². The summed E-state index contributed by atoms with van der Waals surface area (Å²) >= 11 is 3.07. The number of hydrogen-bond donors (Lipinski definition) is 3. The van der Waals surface area contributed by atoms with Crippen molar-refractivity contribution in [3.05, 3.63) is 16.4 Å². The second-order valence-corrected chi connectivity index (χ2v) is 3.02. The number of carbonyl (C=O) groups excluding carboxylic acids is 1. The fourth-order valence-electron chi connectivity index (χ4n) is 0.675. The van der Waals surface area contributed by atoms with Crippen LogP contribution in [-0.2, 0) is 4.79 Å². The molecule has 3 N–H and O–H groups in total. The first-order valence-corrected chi connectivity index (χ1v) is 4.09. The fraction of sp³-hybridized carbons (Fsp3) is 0.167. The Kier molecular flexibility index (Phi) is 3.02. The van der Waals surface area contributed by atoms with Crippen LogP contribution in [0.5, 0.6) is 0 Å². The monoisotopic (exact) mass is 247 g/mol. The number of amides is 1. The molecule has 1 heterocycles.